The van der Waals surface area contributed by atoms with Crippen molar-refractivity contribution < 1.29 is 32.6 Å². The topological polar surface area (TPSA) is 123 Å². The first-order valence-electron chi connectivity index (χ1n) is 14.6. The Morgan fingerprint density at radius 1 is 0.907 bits per heavy atom. The lowest BCUT2D eigenvalue weighted by Crippen LogP contribution is -2.51. The van der Waals surface area contributed by atoms with Crippen LogP contribution in [-0.2, 0) is 32.4 Å². The maximum Gasteiger partial charge on any atom is 0.407 e. The number of hydrogen-bond donors (Lipinski definition) is 3. The van der Waals surface area contributed by atoms with Crippen LogP contribution in [0.4, 0.5) is 4.79 Å². The third-order valence-corrected chi connectivity index (χ3v) is 9.62. The van der Waals surface area contributed by atoms with Crippen LogP contribution in [0.1, 0.15) is 57.6 Å². The van der Waals surface area contributed by atoms with Crippen LogP contribution >= 0.6 is 0 Å². The van der Waals surface area contributed by atoms with E-state index in [0.717, 1.165) is 11.1 Å². The number of carbonyl (C=O) groups excluding carboxylic acids is 1. The van der Waals surface area contributed by atoms with E-state index in [-0.39, 0.29) is 11.4 Å². The molecule has 1 aliphatic rings. The minimum atomic E-state index is -3.90. The summed E-state index contributed by atoms with van der Waals surface area (Å²) in [6.45, 7) is 5.54. The van der Waals surface area contributed by atoms with Gasteiger partial charge in [0.2, 0.25) is 9.84 Å². The Balaban J connectivity index is 1.41. The Hall–Kier alpha value is -3.44. The van der Waals surface area contributed by atoms with Crippen molar-refractivity contribution in [3.8, 4) is 5.75 Å². The van der Waals surface area contributed by atoms with Gasteiger partial charge in [-0.25, -0.2) is 13.2 Å². The minimum Gasteiger partial charge on any atom is -0.489 e. The fourth-order valence-electron chi connectivity index (χ4n) is 5.02. The van der Waals surface area contributed by atoms with Crippen molar-refractivity contribution in [2.24, 2.45) is 0 Å². The molecule has 1 amide bonds. The van der Waals surface area contributed by atoms with Crippen LogP contribution in [-0.4, -0.2) is 48.8 Å². The smallest absolute Gasteiger partial charge is 0.407 e. The number of aliphatic hydroxyl groups is 1. The van der Waals surface area contributed by atoms with E-state index in [9.17, 15) is 18.3 Å². The summed E-state index contributed by atoms with van der Waals surface area (Å²) in [6, 6.07) is 24.8. The summed E-state index contributed by atoms with van der Waals surface area (Å²) in [5, 5.41) is 13.8. The Morgan fingerprint density at radius 3 is 2.07 bits per heavy atom. The second-order valence-corrected chi connectivity index (χ2v) is 14.0. The van der Waals surface area contributed by atoms with Gasteiger partial charge >= 0.3 is 6.09 Å². The lowest BCUT2D eigenvalue weighted by Gasteiger charge is -2.31. The number of sulfone groups is 1. The third-order valence-electron chi connectivity index (χ3n) is 7.25. The molecule has 0 saturated heterocycles. The van der Waals surface area contributed by atoms with Gasteiger partial charge in [-0.15, -0.1) is 0 Å². The minimum absolute atomic E-state index is 0.114. The average Bonchev–Trinajstić information content (AvgIpc) is 3.47. The molecule has 1 saturated carbocycles. The predicted molar refractivity (Wildman–Crippen MR) is 164 cm³/mol. The molecule has 3 aromatic rings. The van der Waals surface area contributed by atoms with Crippen molar-refractivity contribution in [3.63, 3.8) is 0 Å². The first-order chi connectivity index (χ1) is 20.5. The number of amides is 1. The Kier molecular flexibility index (Phi) is 10.8. The van der Waals surface area contributed by atoms with Gasteiger partial charge in [0.1, 0.15) is 18.0 Å². The molecule has 0 aliphatic heterocycles. The van der Waals surface area contributed by atoms with Crippen LogP contribution in [0, 0.1) is 0 Å². The SMILES string of the molecule is CC(C)(C)OC(=O)N[C@@H](Cc1ccccc1)[C@H](O)CNOC1(S(=O)(=O)c2ccc(OCc3ccccc3)cc2)CCCC1. The van der Waals surface area contributed by atoms with Crippen LogP contribution in [0.25, 0.3) is 0 Å². The third kappa shape index (κ3) is 9.03. The fourth-order valence-corrected chi connectivity index (χ4v) is 6.94. The number of ether oxygens (including phenoxy) is 2. The molecular formula is C33H42N2O7S. The van der Waals surface area contributed by atoms with Crippen LogP contribution in [0.3, 0.4) is 0 Å². The standard InChI is InChI=1S/C33H42N2O7S/c1-32(2,3)41-31(37)35-29(22-25-12-6-4-7-13-25)30(36)23-34-42-33(20-10-11-21-33)43(38,39)28-18-16-27(17-19-28)40-24-26-14-8-5-9-15-26/h4-9,12-19,29-30,34,36H,10-11,20-24H2,1-3H3,(H,35,37)/t29-,30+/m0/s1. The predicted octanol–water partition coefficient (Wildman–Crippen LogP) is 5.33. The van der Waals surface area contributed by atoms with E-state index in [4.69, 9.17) is 14.3 Å². The number of hydrogen-bond acceptors (Lipinski definition) is 8. The zero-order chi connectivity index (χ0) is 30.9. The molecule has 1 fully saturated rings. The van der Waals surface area contributed by atoms with Crippen molar-refractivity contribution in [2.75, 3.05) is 6.54 Å². The van der Waals surface area contributed by atoms with Crippen LogP contribution < -0.4 is 15.5 Å². The number of hydroxylamine groups is 1. The van der Waals surface area contributed by atoms with Gasteiger partial charge in [-0.2, -0.15) is 5.48 Å². The highest BCUT2D eigenvalue weighted by Gasteiger charge is 2.49. The summed E-state index contributed by atoms with van der Waals surface area (Å²) >= 11 is 0. The van der Waals surface area contributed by atoms with Gasteiger partial charge < -0.3 is 19.9 Å². The molecular weight excluding hydrogens is 568 g/mol. The molecule has 3 aromatic carbocycles. The molecule has 4 rings (SSSR count). The van der Waals surface area contributed by atoms with Crippen molar-refractivity contribution in [1.29, 1.82) is 0 Å². The molecule has 0 bridgehead atoms. The molecule has 0 aromatic heterocycles. The number of carbonyl (C=O) groups is 1. The summed E-state index contributed by atoms with van der Waals surface area (Å²) in [5.74, 6) is 0.562. The molecule has 43 heavy (non-hydrogen) atoms. The summed E-state index contributed by atoms with van der Waals surface area (Å²) in [6.07, 6.45) is 0.597. The van der Waals surface area contributed by atoms with Crippen molar-refractivity contribution in [2.45, 2.75) is 87.1 Å². The van der Waals surface area contributed by atoms with Crippen LogP contribution in [0.5, 0.6) is 5.75 Å². The molecule has 0 unspecified atom stereocenters. The Morgan fingerprint density at radius 2 is 1.49 bits per heavy atom. The highest BCUT2D eigenvalue weighted by Crippen LogP contribution is 2.41. The quantitative estimate of drug-likeness (QED) is 0.222. The van der Waals surface area contributed by atoms with E-state index >= 15 is 0 Å². The van der Waals surface area contributed by atoms with Gasteiger partial charge in [0.05, 0.1) is 17.0 Å². The van der Waals surface area contributed by atoms with Gasteiger partial charge in [0.15, 0.2) is 4.93 Å². The largest absolute Gasteiger partial charge is 0.489 e. The number of rotatable bonds is 13. The lowest BCUT2D eigenvalue weighted by atomic mass is 10.0. The summed E-state index contributed by atoms with van der Waals surface area (Å²) in [5.41, 5.74) is 3.95. The lowest BCUT2D eigenvalue weighted by molar-refractivity contribution is -0.0661. The molecule has 0 radical (unpaired) electrons. The number of nitrogens with one attached hydrogen (secondary N) is 2. The normalized spacial score (nSPS) is 16.3. The maximum absolute atomic E-state index is 13.8. The molecule has 0 heterocycles. The highest BCUT2D eigenvalue weighted by molar-refractivity contribution is 7.92. The molecule has 10 heteroatoms. The number of aliphatic hydroxyl groups excluding tert-OH is 1. The van der Waals surface area contributed by atoms with Gasteiger partial charge in [0, 0.05) is 6.54 Å². The zero-order valence-electron chi connectivity index (χ0n) is 25.0. The summed E-state index contributed by atoms with van der Waals surface area (Å²) in [4.78, 5) is 17.1. The second kappa shape index (κ2) is 14.4. The van der Waals surface area contributed by atoms with Crippen molar-refractivity contribution in [3.05, 3.63) is 96.1 Å². The Bertz CT molecular complexity index is 1400. The zero-order valence-corrected chi connectivity index (χ0v) is 25.8. The van der Waals surface area contributed by atoms with E-state index in [0.29, 0.717) is 44.5 Å². The number of alkyl carbamates (subject to hydrolysis) is 1. The molecule has 3 N–H and O–H groups in total. The first kappa shape index (κ1) is 32.5. The first-order valence-corrected chi connectivity index (χ1v) is 16.1. The van der Waals surface area contributed by atoms with E-state index in [1.165, 1.54) is 12.1 Å². The van der Waals surface area contributed by atoms with E-state index in [2.05, 4.69) is 10.8 Å². The summed E-state index contributed by atoms with van der Waals surface area (Å²) in [7, 11) is -3.90. The molecule has 2 atom stereocenters. The summed E-state index contributed by atoms with van der Waals surface area (Å²) < 4.78 is 38.9. The number of benzene rings is 3. The Labute approximate surface area is 254 Å². The monoisotopic (exact) mass is 610 g/mol. The maximum atomic E-state index is 13.8. The molecule has 0 spiro atoms. The van der Waals surface area contributed by atoms with Crippen molar-refractivity contribution >= 4 is 15.9 Å². The van der Waals surface area contributed by atoms with E-state index in [1.54, 1.807) is 32.9 Å². The average molecular weight is 611 g/mol. The molecule has 9 nitrogen and oxygen atoms in total. The second-order valence-electron chi connectivity index (χ2n) is 11.8. The van der Waals surface area contributed by atoms with Crippen LogP contribution in [0.15, 0.2) is 89.8 Å². The fraction of sp³-hybridized carbons (Fsp3) is 0.424. The van der Waals surface area contributed by atoms with Gasteiger partial charge in [-0.05, 0) is 88.3 Å². The van der Waals surface area contributed by atoms with Crippen LogP contribution in [0.2, 0.25) is 0 Å². The van der Waals surface area contributed by atoms with Gasteiger partial charge in [-0.3, -0.25) is 4.84 Å². The van der Waals surface area contributed by atoms with E-state index < -0.39 is 38.6 Å². The molecule has 232 valence electrons. The van der Waals surface area contributed by atoms with Gasteiger partial charge in [-0.1, -0.05) is 60.7 Å². The highest BCUT2D eigenvalue weighted by atomic mass is 32.2. The molecule has 1 aliphatic carbocycles. The van der Waals surface area contributed by atoms with Gasteiger partial charge in [0.25, 0.3) is 0 Å². The van der Waals surface area contributed by atoms with E-state index in [1.807, 2.05) is 60.7 Å². The van der Waals surface area contributed by atoms with Crippen molar-refractivity contribution in [1.82, 2.24) is 10.8 Å².